The molecule has 104 valence electrons. The van der Waals surface area contributed by atoms with Crippen LogP contribution in [0.25, 0.3) is 10.8 Å². The highest BCUT2D eigenvalue weighted by molar-refractivity contribution is 9.10. The minimum Gasteiger partial charge on any atom is -0.287 e. The number of pyridine rings is 1. The standard InChI is InChI=1S/C16H8BrF2NO/c17-11-5-6-12(18)13(14(11)19)16(21)15-10-4-2-1-3-9(10)7-8-20-15/h1-8H. The summed E-state index contributed by atoms with van der Waals surface area (Å²) in [5.41, 5.74) is -0.572. The summed E-state index contributed by atoms with van der Waals surface area (Å²) in [6.45, 7) is 0. The van der Waals surface area contributed by atoms with E-state index >= 15 is 0 Å². The van der Waals surface area contributed by atoms with E-state index in [-0.39, 0.29) is 10.2 Å². The van der Waals surface area contributed by atoms with Gasteiger partial charge in [-0.3, -0.25) is 9.78 Å². The molecule has 1 aromatic heterocycles. The molecule has 0 spiro atoms. The first kappa shape index (κ1) is 13.8. The lowest BCUT2D eigenvalue weighted by molar-refractivity contribution is 0.102. The van der Waals surface area contributed by atoms with Gasteiger partial charge in [-0.15, -0.1) is 0 Å². The summed E-state index contributed by atoms with van der Waals surface area (Å²) >= 11 is 2.96. The molecular weight excluding hydrogens is 340 g/mol. The number of ketones is 1. The Morgan fingerprint density at radius 3 is 2.62 bits per heavy atom. The summed E-state index contributed by atoms with van der Waals surface area (Å²) in [7, 11) is 0. The summed E-state index contributed by atoms with van der Waals surface area (Å²) in [5, 5.41) is 1.34. The molecule has 0 saturated carbocycles. The molecule has 1 heterocycles. The van der Waals surface area contributed by atoms with Gasteiger partial charge in [0.05, 0.1) is 10.0 Å². The number of halogens is 3. The maximum absolute atomic E-state index is 14.1. The minimum absolute atomic E-state index is 0.0315. The molecule has 0 fully saturated rings. The Morgan fingerprint density at radius 2 is 1.81 bits per heavy atom. The monoisotopic (exact) mass is 347 g/mol. The third-order valence-corrected chi connectivity index (χ3v) is 3.77. The van der Waals surface area contributed by atoms with E-state index in [1.54, 1.807) is 24.3 Å². The molecule has 0 aliphatic rings. The molecule has 5 heteroatoms. The number of nitrogens with zero attached hydrogens (tertiary/aromatic N) is 1. The Labute approximate surface area is 127 Å². The highest BCUT2D eigenvalue weighted by atomic mass is 79.9. The SMILES string of the molecule is O=C(c1c(F)ccc(Br)c1F)c1nccc2ccccc12. The lowest BCUT2D eigenvalue weighted by Crippen LogP contribution is -2.10. The number of fused-ring (bicyclic) bond motifs is 1. The number of hydrogen-bond donors (Lipinski definition) is 0. The third kappa shape index (κ3) is 2.34. The molecule has 2 aromatic carbocycles. The third-order valence-electron chi connectivity index (χ3n) is 3.16. The van der Waals surface area contributed by atoms with Crippen LogP contribution < -0.4 is 0 Å². The number of hydrogen-bond acceptors (Lipinski definition) is 2. The van der Waals surface area contributed by atoms with Gasteiger partial charge in [-0.25, -0.2) is 8.78 Å². The maximum atomic E-state index is 14.1. The van der Waals surface area contributed by atoms with Crippen molar-refractivity contribution >= 4 is 32.5 Å². The number of carbonyl (C=O) groups is 1. The second-order valence-corrected chi connectivity index (χ2v) is 5.28. The van der Waals surface area contributed by atoms with Crippen molar-refractivity contribution in [2.75, 3.05) is 0 Å². The zero-order chi connectivity index (χ0) is 15.0. The van der Waals surface area contributed by atoms with Crippen molar-refractivity contribution < 1.29 is 13.6 Å². The van der Waals surface area contributed by atoms with Gasteiger partial charge in [-0.2, -0.15) is 0 Å². The van der Waals surface area contributed by atoms with Gasteiger partial charge in [0.2, 0.25) is 5.78 Å². The molecule has 0 amide bonds. The van der Waals surface area contributed by atoms with Crippen molar-refractivity contribution in [3.8, 4) is 0 Å². The van der Waals surface area contributed by atoms with Crippen LogP contribution in [0.2, 0.25) is 0 Å². The Morgan fingerprint density at radius 1 is 1.05 bits per heavy atom. The maximum Gasteiger partial charge on any atom is 0.217 e. The van der Waals surface area contributed by atoms with Gasteiger partial charge < -0.3 is 0 Å². The number of rotatable bonds is 2. The van der Waals surface area contributed by atoms with Crippen molar-refractivity contribution in [2.45, 2.75) is 0 Å². The molecule has 0 atom stereocenters. The predicted octanol–water partition coefficient (Wildman–Crippen LogP) is 4.51. The van der Waals surface area contributed by atoms with Gasteiger partial charge in [0.25, 0.3) is 0 Å². The molecule has 0 aliphatic heterocycles. The van der Waals surface area contributed by atoms with E-state index in [1.807, 2.05) is 6.07 Å². The van der Waals surface area contributed by atoms with Gasteiger partial charge in [0, 0.05) is 11.6 Å². The van der Waals surface area contributed by atoms with Crippen LogP contribution in [0.4, 0.5) is 8.78 Å². The molecule has 0 saturated heterocycles. The van der Waals surface area contributed by atoms with Crippen LogP contribution in [0.5, 0.6) is 0 Å². The second kappa shape index (κ2) is 5.33. The van der Waals surface area contributed by atoms with Crippen LogP contribution in [0.1, 0.15) is 16.1 Å². The number of aromatic nitrogens is 1. The van der Waals surface area contributed by atoms with Crippen molar-refractivity contribution in [3.63, 3.8) is 0 Å². The number of benzene rings is 2. The fourth-order valence-corrected chi connectivity index (χ4v) is 2.48. The van der Waals surface area contributed by atoms with E-state index in [4.69, 9.17) is 0 Å². The van der Waals surface area contributed by atoms with Crippen LogP contribution in [0.15, 0.2) is 53.1 Å². The van der Waals surface area contributed by atoms with Crippen molar-refractivity contribution in [1.29, 1.82) is 0 Å². The quantitative estimate of drug-likeness (QED) is 0.504. The molecule has 0 unspecified atom stereocenters. The van der Waals surface area contributed by atoms with Crippen molar-refractivity contribution in [3.05, 3.63) is 76.0 Å². The molecular formula is C16H8BrF2NO. The molecule has 2 nitrogen and oxygen atoms in total. The van der Waals surface area contributed by atoms with E-state index in [0.29, 0.717) is 5.39 Å². The molecule has 0 radical (unpaired) electrons. The van der Waals surface area contributed by atoms with E-state index in [9.17, 15) is 13.6 Å². The van der Waals surface area contributed by atoms with Crippen molar-refractivity contribution in [1.82, 2.24) is 4.98 Å². The average Bonchev–Trinajstić information content (AvgIpc) is 2.50. The van der Waals surface area contributed by atoms with Gasteiger partial charge in [0.1, 0.15) is 11.5 Å². The molecule has 3 rings (SSSR count). The van der Waals surface area contributed by atoms with Gasteiger partial charge in [0.15, 0.2) is 5.82 Å². The molecule has 0 bridgehead atoms. The Bertz CT molecular complexity index is 859. The van der Waals surface area contributed by atoms with Crippen LogP contribution >= 0.6 is 15.9 Å². The Kier molecular flexibility index (Phi) is 3.51. The van der Waals surface area contributed by atoms with E-state index in [2.05, 4.69) is 20.9 Å². The van der Waals surface area contributed by atoms with Crippen LogP contribution in [-0.4, -0.2) is 10.8 Å². The largest absolute Gasteiger partial charge is 0.287 e. The summed E-state index contributed by atoms with van der Waals surface area (Å²) in [6.07, 6.45) is 1.45. The molecule has 0 aliphatic carbocycles. The van der Waals surface area contributed by atoms with Crippen LogP contribution in [-0.2, 0) is 0 Å². The fourth-order valence-electron chi connectivity index (χ4n) is 2.15. The van der Waals surface area contributed by atoms with E-state index in [0.717, 1.165) is 11.5 Å². The highest BCUT2D eigenvalue weighted by Crippen LogP contribution is 2.26. The lowest BCUT2D eigenvalue weighted by atomic mass is 10.0. The Balaban J connectivity index is 2.25. The summed E-state index contributed by atoms with van der Waals surface area (Å²) in [5.74, 6) is -2.60. The minimum atomic E-state index is -0.922. The fraction of sp³-hybridized carbons (Fsp3) is 0. The topological polar surface area (TPSA) is 30.0 Å². The summed E-state index contributed by atoms with van der Waals surface area (Å²) in [6, 6.07) is 11.1. The molecule has 3 aromatic rings. The summed E-state index contributed by atoms with van der Waals surface area (Å²) in [4.78, 5) is 16.5. The first-order chi connectivity index (χ1) is 10.1. The number of carbonyl (C=O) groups excluding carboxylic acids is 1. The zero-order valence-corrected chi connectivity index (χ0v) is 12.2. The van der Waals surface area contributed by atoms with Gasteiger partial charge in [-0.05, 0) is 39.5 Å². The highest BCUT2D eigenvalue weighted by Gasteiger charge is 2.23. The van der Waals surface area contributed by atoms with Crippen LogP contribution in [0, 0.1) is 11.6 Å². The molecule has 21 heavy (non-hydrogen) atoms. The van der Waals surface area contributed by atoms with Gasteiger partial charge in [-0.1, -0.05) is 24.3 Å². The van der Waals surface area contributed by atoms with E-state index < -0.39 is 23.0 Å². The second-order valence-electron chi connectivity index (χ2n) is 4.43. The average molecular weight is 348 g/mol. The molecule has 0 N–H and O–H groups in total. The first-order valence-electron chi connectivity index (χ1n) is 6.11. The van der Waals surface area contributed by atoms with Gasteiger partial charge >= 0.3 is 0 Å². The Hall–Kier alpha value is -2.14. The zero-order valence-electron chi connectivity index (χ0n) is 10.6. The summed E-state index contributed by atoms with van der Waals surface area (Å²) < 4.78 is 28.0. The first-order valence-corrected chi connectivity index (χ1v) is 6.91. The van der Waals surface area contributed by atoms with Crippen molar-refractivity contribution in [2.24, 2.45) is 0 Å². The van der Waals surface area contributed by atoms with Crippen LogP contribution in [0.3, 0.4) is 0 Å². The predicted molar refractivity (Wildman–Crippen MR) is 79.2 cm³/mol. The van der Waals surface area contributed by atoms with E-state index in [1.165, 1.54) is 12.3 Å². The smallest absolute Gasteiger partial charge is 0.217 e. The lowest BCUT2D eigenvalue weighted by Gasteiger charge is -2.07. The normalized spacial score (nSPS) is 10.8.